The highest BCUT2D eigenvalue weighted by molar-refractivity contribution is 7.91. The summed E-state index contributed by atoms with van der Waals surface area (Å²) in [5, 5.41) is 2.12. The molecule has 11 heteroatoms. The molecular weight excluding hydrogens is 448 g/mol. The maximum atomic E-state index is 13.5. The van der Waals surface area contributed by atoms with Crippen LogP contribution in [0.25, 0.3) is 0 Å². The van der Waals surface area contributed by atoms with Gasteiger partial charge in [0.25, 0.3) is 11.8 Å². The molecule has 3 amide bonds. The third-order valence-electron chi connectivity index (χ3n) is 7.08. The van der Waals surface area contributed by atoms with Gasteiger partial charge in [0.05, 0.1) is 5.25 Å². The molecule has 2 aliphatic heterocycles. The van der Waals surface area contributed by atoms with Crippen molar-refractivity contribution >= 4 is 33.8 Å². The van der Waals surface area contributed by atoms with Crippen molar-refractivity contribution in [3.8, 4) is 0 Å². The summed E-state index contributed by atoms with van der Waals surface area (Å²) in [4.78, 5) is 55.9. The minimum atomic E-state index is -3.81. The Bertz CT molecular complexity index is 1020. The van der Waals surface area contributed by atoms with Crippen molar-refractivity contribution < 1.29 is 27.6 Å². The minimum absolute atomic E-state index is 0.137. The largest absolute Gasteiger partial charge is 0.337 e. The molecular formula is C22H30N4O6S. The summed E-state index contributed by atoms with van der Waals surface area (Å²) in [6.45, 7) is 0.274. The summed E-state index contributed by atoms with van der Waals surface area (Å²) in [5.41, 5.74) is -3.23. The lowest BCUT2D eigenvalue weighted by Gasteiger charge is -2.34. The van der Waals surface area contributed by atoms with Crippen LogP contribution in [0.3, 0.4) is 0 Å². The highest BCUT2D eigenvalue weighted by Gasteiger charge is 2.63. The van der Waals surface area contributed by atoms with Crippen LogP contribution in [0.4, 0.5) is 0 Å². The number of sulfonamides is 1. The standard InChI is InChI=1S/C22H30N4O6S/c27-15-23-22-12-7-13-26(22)18(28)9-6-4-2-1-3-5-8-16-14-21(16,24-20(22)30)19(29)25-33(31,32)17-10-11-17/h5,8,16-17H,1-4,6-7,9-14H2,(H,24,30)(H,25,29)/b8-5-. The van der Waals surface area contributed by atoms with Gasteiger partial charge >= 0.3 is 0 Å². The van der Waals surface area contributed by atoms with Gasteiger partial charge in [-0.05, 0) is 44.9 Å². The molecule has 2 saturated carbocycles. The predicted octanol–water partition coefficient (Wildman–Crippen LogP) is 1.03. The normalized spacial score (nSPS) is 33.9. The van der Waals surface area contributed by atoms with Gasteiger partial charge in [-0.2, -0.15) is 4.99 Å². The average molecular weight is 479 g/mol. The fourth-order valence-electron chi connectivity index (χ4n) is 4.87. The summed E-state index contributed by atoms with van der Waals surface area (Å²) in [7, 11) is -3.81. The van der Waals surface area contributed by atoms with Gasteiger partial charge < -0.3 is 10.2 Å². The van der Waals surface area contributed by atoms with Crippen molar-refractivity contribution in [1.29, 1.82) is 0 Å². The van der Waals surface area contributed by atoms with Gasteiger partial charge in [-0.1, -0.05) is 25.0 Å². The van der Waals surface area contributed by atoms with E-state index in [0.717, 1.165) is 25.7 Å². The second-order valence-electron chi connectivity index (χ2n) is 9.46. The average Bonchev–Trinajstić information content (AvgIpc) is 3.67. The van der Waals surface area contributed by atoms with Crippen LogP contribution in [0.1, 0.15) is 70.6 Å². The van der Waals surface area contributed by atoms with Gasteiger partial charge in [-0.15, -0.1) is 0 Å². The number of nitrogens with one attached hydrogen (secondary N) is 2. The maximum Gasteiger partial charge on any atom is 0.270 e. The van der Waals surface area contributed by atoms with E-state index in [2.05, 4.69) is 15.0 Å². The molecule has 180 valence electrons. The molecule has 0 aromatic heterocycles. The molecule has 0 aromatic carbocycles. The zero-order chi connectivity index (χ0) is 23.7. The van der Waals surface area contributed by atoms with Crippen molar-refractivity contribution in [2.75, 3.05) is 6.54 Å². The number of hydrogen-bond donors (Lipinski definition) is 2. The molecule has 3 atom stereocenters. The molecule has 0 aromatic rings. The Balaban J connectivity index is 1.65. The van der Waals surface area contributed by atoms with Crippen molar-refractivity contribution in [2.24, 2.45) is 10.9 Å². The zero-order valence-corrected chi connectivity index (χ0v) is 19.4. The third kappa shape index (κ3) is 4.61. The zero-order valence-electron chi connectivity index (χ0n) is 18.5. The maximum absolute atomic E-state index is 13.5. The fraction of sp³-hybridized carbons (Fsp3) is 0.727. The van der Waals surface area contributed by atoms with Crippen LogP contribution in [0.15, 0.2) is 17.1 Å². The summed E-state index contributed by atoms with van der Waals surface area (Å²) in [5.74, 6) is -2.19. The van der Waals surface area contributed by atoms with Crippen molar-refractivity contribution in [2.45, 2.75) is 87.1 Å². The molecule has 0 bridgehead atoms. The number of rotatable bonds is 4. The summed E-state index contributed by atoms with van der Waals surface area (Å²) in [6, 6.07) is 0. The van der Waals surface area contributed by atoms with Gasteiger partial charge in [0.1, 0.15) is 5.54 Å². The number of allylic oxidation sites excluding steroid dienone is 1. The number of isocyanates is 1. The molecule has 10 nitrogen and oxygen atoms in total. The van der Waals surface area contributed by atoms with Crippen LogP contribution in [0.5, 0.6) is 0 Å². The molecule has 2 N–H and O–H groups in total. The summed E-state index contributed by atoms with van der Waals surface area (Å²) < 4.78 is 26.9. The molecule has 0 radical (unpaired) electrons. The van der Waals surface area contributed by atoms with Gasteiger partial charge in [0.15, 0.2) is 0 Å². The lowest BCUT2D eigenvalue weighted by atomic mass is 10.0. The smallest absolute Gasteiger partial charge is 0.270 e. The van der Waals surface area contributed by atoms with Gasteiger partial charge in [-0.3, -0.25) is 19.1 Å². The Hall–Kier alpha value is -2.52. The number of nitrogens with zero attached hydrogens (tertiary/aromatic N) is 2. The van der Waals surface area contributed by atoms with Crippen LogP contribution >= 0.6 is 0 Å². The molecule has 0 spiro atoms. The number of aliphatic imine (C=N–C) groups is 1. The predicted molar refractivity (Wildman–Crippen MR) is 118 cm³/mol. The molecule has 33 heavy (non-hydrogen) atoms. The minimum Gasteiger partial charge on any atom is -0.337 e. The van der Waals surface area contributed by atoms with E-state index in [1.165, 1.54) is 11.0 Å². The summed E-state index contributed by atoms with van der Waals surface area (Å²) >= 11 is 0. The van der Waals surface area contributed by atoms with Gasteiger partial charge in [-0.25, -0.2) is 13.2 Å². The first-order valence-electron chi connectivity index (χ1n) is 11.7. The number of hydrogen-bond acceptors (Lipinski definition) is 7. The monoisotopic (exact) mass is 478 g/mol. The van der Waals surface area contributed by atoms with E-state index in [1.54, 1.807) is 0 Å². The number of carbonyl (C=O) groups excluding carboxylic acids is 4. The van der Waals surface area contributed by atoms with E-state index >= 15 is 0 Å². The van der Waals surface area contributed by atoms with E-state index < -0.39 is 38.3 Å². The highest BCUT2D eigenvalue weighted by Crippen LogP contribution is 2.47. The Morgan fingerprint density at radius 1 is 1.18 bits per heavy atom. The molecule has 2 heterocycles. The van der Waals surface area contributed by atoms with Crippen LogP contribution in [0.2, 0.25) is 0 Å². The Morgan fingerprint density at radius 2 is 1.94 bits per heavy atom. The second-order valence-corrected chi connectivity index (χ2v) is 11.4. The first-order valence-corrected chi connectivity index (χ1v) is 13.2. The van der Waals surface area contributed by atoms with Crippen molar-refractivity contribution in [3.05, 3.63) is 12.2 Å². The lowest BCUT2D eigenvalue weighted by Crippen LogP contribution is -2.61. The number of fused-ring (bicyclic) bond motifs is 2. The van der Waals surface area contributed by atoms with E-state index in [4.69, 9.17) is 0 Å². The Morgan fingerprint density at radius 3 is 2.67 bits per heavy atom. The molecule has 4 rings (SSSR count). The number of amides is 3. The number of carbonyl (C=O) groups is 3. The topological polar surface area (TPSA) is 142 Å². The quantitative estimate of drug-likeness (QED) is 0.351. The lowest BCUT2D eigenvalue weighted by molar-refractivity contribution is -0.146. The molecule has 3 fully saturated rings. The second kappa shape index (κ2) is 9.02. The van der Waals surface area contributed by atoms with E-state index in [0.29, 0.717) is 25.7 Å². The SMILES string of the molecule is O=C=NC12CCCN1C(=O)CCCCCC/C=C\C1CC1(C(=O)NS(=O)(=O)C1CC1)NC2=O. The highest BCUT2D eigenvalue weighted by atomic mass is 32.2. The Kier molecular flexibility index (Phi) is 6.46. The summed E-state index contributed by atoms with van der Waals surface area (Å²) in [6.07, 6.45) is 11.5. The van der Waals surface area contributed by atoms with Gasteiger partial charge in [0, 0.05) is 25.3 Å². The van der Waals surface area contributed by atoms with Crippen molar-refractivity contribution in [3.63, 3.8) is 0 Å². The van der Waals surface area contributed by atoms with Crippen LogP contribution < -0.4 is 10.0 Å². The molecule has 3 unspecified atom stereocenters. The van der Waals surface area contributed by atoms with Crippen LogP contribution in [-0.2, 0) is 29.2 Å². The van der Waals surface area contributed by atoms with Crippen LogP contribution in [-0.4, -0.2) is 60.1 Å². The fourth-order valence-corrected chi connectivity index (χ4v) is 6.23. The van der Waals surface area contributed by atoms with E-state index in [9.17, 15) is 27.6 Å². The molecule has 1 saturated heterocycles. The van der Waals surface area contributed by atoms with Gasteiger partial charge in [0.2, 0.25) is 27.7 Å². The van der Waals surface area contributed by atoms with Crippen molar-refractivity contribution in [1.82, 2.24) is 14.9 Å². The Labute approximate surface area is 193 Å². The molecule has 4 aliphatic rings. The van der Waals surface area contributed by atoms with E-state index in [-0.39, 0.29) is 37.6 Å². The first-order chi connectivity index (χ1) is 15.7. The van der Waals surface area contributed by atoms with E-state index in [1.807, 2.05) is 12.2 Å². The third-order valence-corrected chi connectivity index (χ3v) is 8.90. The molecule has 2 aliphatic carbocycles. The first kappa shape index (κ1) is 23.6. The van der Waals surface area contributed by atoms with Crippen LogP contribution in [0, 0.1) is 5.92 Å².